The maximum Gasteiger partial charge on any atom is 0.335 e. The van der Waals surface area contributed by atoms with E-state index in [1.54, 1.807) is 0 Å². The predicted octanol–water partition coefficient (Wildman–Crippen LogP) is -3.13. The Kier molecular flexibility index (Phi) is 2.84. The van der Waals surface area contributed by atoms with Gasteiger partial charge in [-0.2, -0.15) is 0 Å². The van der Waals surface area contributed by atoms with Gasteiger partial charge in [0.15, 0.2) is 12.4 Å². The third-order valence-electron chi connectivity index (χ3n) is 1.83. The van der Waals surface area contributed by atoms with Gasteiger partial charge in [0, 0.05) is 0 Å². The molecule has 1 saturated heterocycles. The number of aliphatic hydroxyl groups excluding tert-OH is 4. The van der Waals surface area contributed by atoms with Crippen molar-refractivity contribution in [2.75, 3.05) is 0 Å². The van der Waals surface area contributed by atoms with E-state index in [1.165, 1.54) is 0 Å². The number of hydrogen-bond donors (Lipinski definition) is 5. The summed E-state index contributed by atoms with van der Waals surface area (Å²) in [7, 11) is 0. The van der Waals surface area contributed by atoms with E-state index < -0.39 is 36.7 Å². The van der Waals surface area contributed by atoms with Crippen LogP contribution in [0.1, 0.15) is 0 Å². The van der Waals surface area contributed by atoms with E-state index in [4.69, 9.17) is 25.5 Å². The van der Waals surface area contributed by atoms with Crippen LogP contribution in [0.3, 0.4) is 0 Å². The van der Waals surface area contributed by atoms with E-state index in [1.807, 2.05) is 0 Å². The third kappa shape index (κ3) is 1.79. The highest BCUT2D eigenvalue weighted by Gasteiger charge is 2.46. The average Bonchev–Trinajstić information content (AvgIpc) is 2.07. The third-order valence-corrected chi connectivity index (χ3v) is 1.83. The summed E-state index contributed by atoms with van der Waals surface area (Å²) in [5.41, 5.74) is 0. The molecule has 0 unspecified atom stereocenters. The lowest BCUT2D eigenvalue weighted by molar-refractivity contribution is -0.279. The number of ether oxygens (including phenoxy) is 1. The lowest BCUT2D eigenvalue weighted by Gasteiger charge is -2.36. The molecule has 0 aliphatic carbocycles. The van der Waals surface area contributed by atoms with Crippen LogP contribution in [0.5, 0.6) is 0 Å². The fourth-order valence-corrected chi connectivity index (χ4v) is 1.07. The molecule has 0 bridgehead atoms. The monoisotopic (exact) mass is 194 g/mol. The van der Waals surface area contributed by atoms with Gasteiger partial charge in [0.05, 0.1) is 0 Å². The minimum absolute atomic E-state index is 1.52. The molecule has 0 radical (unpaired) electrons. The van der Waals surface area contributed by atoms with Crippen LogP contribution in [0.2, 0.25) is 0 Å². The molecule has 0 aromatic rings. The molecule has 1 aliphatic heterocycles. The van der Waals surface area contributed by atoms with Crippen molar-refractivity contribution in [3.8, 4) is 0 Å². The van der Waals surface area contributed by atoms with Crippen molar-refractivity contribution >= 4 is 5.97 Å². The lowest BCUT2D eigenvalue weighted by Crippen LogP contribution is -2.59. The van der Waals surface area contributed by atoms with Crippen LogP contribution >= 0.6 is 0 Å². The van der Waals surface area contributed by atoms with E-state index in [2.05, 4.69) is 4.74 Å². The molecule has 76 valence electrons. The summed E-state index contributed by atoms with van der Waals surface area (Å²) in [5, 5.41) is 44.4. The predicted molar refractivity (Wildman–Crippen MR) is 36.5 cm³/mol. The topological polar surface area (TPSA) is 127 Å². The molecule has 7 heteroatoms. The largest absolute Gasteiger partial charge is 0.479 e. The Morgan fingerprint density at radius 2 is 1.54 bits per heavy atom. The highest BCUT2D eigenvalue weighted by atomic mass is 16.6. The zero-order chi connectivity index (χ0) is 10.2. The van der Waals surface area contributed by atoms with E-state index in [9.17, 15) is 4.79 Å². The minimum atomic E-state index is -1.81. The average molecular weight is 194 g/mol. The SMILES string of the molecule is O=C(O)[C@H]1O[C@H](O)[C@@H](O)[C@@H](O)[C@@H]1O. The first-order chi connectivity index (χ1) is 5.95. The first-order valence-electron chi connectivity index (χ1n) is 3.55. The molecule has 1 heterocycles. The maximum atomic E-state index is 10.4. The van der Waals surface area contributed by atoms with E-state index in [0.29, 0.717) is 0 Å². The van der Waals surface area contributed by atoms with Gasteiger partial charge in [-0.3, -0.25) is 0 Å². The maximum absolute atomic E-state index is 10.4. The molecule has 0 spiro atoms. The van der Waals surface area contributed by atoms with Gasteiger partial charge in [0.25, 0.3) is 0 Å². The Morgan fingerprint density at radius 3 is 2.00 bits per heavy atom. The Balaban J connectivity index is 2.76. The second-order valence-electron chi connectivity index (χ2n) is 2.76. The molecular formula is C6H10O7. The standard InChI is InChI=1S/C6H10O7/c7-1-2(8)4(5(10)11)13-6(12)3(1)9/h1-4,6-9,12H,(H,10,11)/t1-,2-,3-,4-,6-/m0/s1. The van der Waals surface area contributed by atoms with Gasteiger partial charge in [-0.1, -0.05) is 0 Å². The summed E-state index contributed by atoms with van der Waals surface area (Å²) in [6.07, 6.45) is -8.72. The second-order valence-corrected chi connectivity index (χ2v) is 2.76. The van der Waals surface area contributed by atoms with Gasteiger partial charge in [0.2, 0.25) is 0 Å². The summed E-state index contributed by atoms with van der Waals surface area (Å²) in [6, 6.07) is 0. The molecule has 0 saturated carbocycles. The zero-order valence-electron chi connectivity index (χ0n) is 6.44. The summed E-state index contributed by atoms with van der Waals surface area (Å²) in [4.78, 5) is 10.4. The van der Waals surface area contributed by atoms with E-state index in [0.717, 1.165) is 0 Å². The van der Waals surface area contributed by atoms with Crippen LogP contribution in [0.15, 0.2) is 0 Å². The minimum Gasteiger partial charge on any atom is -0.479 e. The molecule has 0 aromatic heterocycles. The van der Waals surface area contributed by atoms with Gasteiger partial charge < -0.3 is 30.3 Å². The number of aliphatic hydroxyl groups is 4. The second kappa shape index (κ2) is 3.56. The van der Waals surface area contributed by atoms with Gasteiger partial charge in [-0.05, 0) is 0 Å². The van der Waals surface area contributed by atoms with Crippen molar-refractivity contribution in [1.29, 1.82) is 0 Å². The molecule has 13 heavy (non-hydrogen) atoms. The number of hydrogen-bond acceptors (Lipinski definition) is 6. The van der Waals surface area contributed by atoms with Crippen molar-refractivity contribution in [2.45, 2.75) is 30.7 Å². The number of aliphatic carboxylic acids is 1. The number of carboxylic acids is 1. The van der Waals surface area contributed by atoms with Crippen molar-refractivity contribution < 1.29 is 35.1 Å². The molecule has 1 fully saturated rings. The molecule has 5 N–H and O–H groups in total. The van der Waals surface area contributed by atoms with Crippen molar-refractivity contribution in [2.24, 2.45) is 0 Å². The van der Waals surface area contributed by atoms with Crippen LogP contribution in [-0.2, 0) is 9.53 Å². The summed E-state index contributed by atoms with van der Waals surface area (Å²) in [5.74, 6) is -1.52. The number of carbonyl (C=O) groups is 1. The Bertz CT molecular complexity index is 205. The van der Waals surface area contributed by atoms with Crippen LogP contribution < -0.4 is 0 Å². The fourth-order valence-electron chi connectivity index (χ4n) is 1.07. The van der Waals surface area contributed by atoms with Crippen LogP contribution in [0.4, 0.5) is 0 Å². The van der Waals surface area contributed by atoms with E-state index >= 15 is 0 Å². The van der Waals surface area contributed by atoms with Crippen molar-refractivity contribution in [1.82, 2.24) is 0 Å². The number of rotatable bonds is 1. The Morgan fingerprint density at radius 1 is 1.00 bits per heavy atom. The van der Waals surface area contributed by atoms with Crippen molar-refractivity contribution in [3.05, 3.63) is 0 Å². The van der Waals surface area contributed by atoms with Crippen LogP contribution in [0.25, 0.3) is 0 Å². The van der Waals surface area contributed by atoms with E-state index in [-0.39, 0.29) is 0 Å². The first-order valence-corrected chi connectivity index (χ1v) is 3.55. The van der Waals surface area contributed by atoms with Crippen LogP contribution in [-0.4, -0.2) is 62.2 Å². The molecule has 1 aliphatic rings. The number of carboxylic acid groups (broad SMARTS) is 1. The van der Waals surface area contributed by atoms with Gasteiger partial charge in [-0.25, -0.2) is 4.79 Å². The summed E-state index contributed by atoms with van der Waals surface area (Å²) in [6.45, 7) is 0. The van der Waals surface area contributed by atoms with Crippen molar-refractivity contribution in [3.63, 3.8) is 0 Å². The quantitative estimate of drug-likeness (QED) is 0.298. The Hall–Kier alpha value is -0.730. The van der Waals surface area contributed by atoms with Crippen LogP contribution in [0, 0.1) is 0 Å². The lowest BCUT2D eigenvalue weighted by atomic mass is 9.99. The molecule has 1 rings (SSSR count). The highest BCUT2D eigenvalue weighted by Crippen LogP contribution is 2.19. The smallest absolute Gasteiger partial charge is 0.335 e. The summed E-state index contributed by atoms with van der Waals surface area (Å²) >= 11 is 0. The fraction of sp³-hybridized carbons (Fsp3) is 0.833. The molecule has 0 aromatic carbocycles. The van der Waals surface area contributed by atoms with Gasteiger partial charge >= 0.3 is 5.97 Å². The zero-order valence-corrected chi connectivity index (χ0v) is 6.44. The molecular weight excluding hydrogens is 184 g/mol. The highest BCUT2D eigenvalue weighted by molar-refractivity contribution is 5.73. The molecule has 5 atom stereocenters. The van der Waals surface area contributed by atoms with Gasteiger partial charge in [0.1, 0.15) is 18.3 Å². The summed E-state index contributed by atoms with van der Waals surface area (Å²) < 4.78 is 4.34. The Labute approximate surface area is 72.8 Å². The van der Waals surface area contributed by atoms with Gasteiger partial charge in [-0.15, -0.1) is 0 Å². The first kappa shape index (κ1) is 10.4. The molecule has 0 amide bonds. The normalized spacial score (nSPS) is 46.0. The molecule has 7 nitrogen and oxygen atoms in total.